The zero-order valence-electron chi connectivity index (χ0n) is 7.46. The first-order valence-corrected chi connectivity index (χ1v) is 4.23. The van der Waals surface area contributed by atoms with Crippen molar-refractivity contribution in [3.63, 3.8) is 0 Å². The van der Waals surface area contributed by atoms with Crippen LogP contribution in [-0.2, 0) is 22.7 Å². The molecule has 0 fully saturated rings. The van der Waals surface area contributed by atoms with Crippen molar-refractivity contribution in [2.45, 2.75) is 20.1 Å². The first-order chi connectivity index (χ1) is 6.27. The fourth-order valence-electron chi connectivity index (χ4n) is 1.51. The molecule has 2 rings (SSSR count). The summed E-state index contributed by atoms with van der Waals surface area (Å²) < 4.78 is 5.29. The molecule has 0 bridgehead atoms. The molecule has 1 N–H and O–H groups in total. The Morgan fingerprint density at radius 3 is 3.08 bits per heavy atom. The predicted molar refractivity (Wildman–Crippen MR) is 49.2 cm³/mol. The molecule has 1 heterocycles. The summed E-state index contributed by atoms with van der Waals surface area (Å²) >= 11 is 0. The quantitative estimate of drug-likeness (QED) is 0.708. The van der Waals surface area contributed by atoms with Gasteiger partial charge in [0.25, 0.3) is 0 Å². The molecule has 0 aromatic heterocycles. The highest BCUT2D eigenvalue weighted by Crippen LogP contribution is 2.26. The summed E-state index contributed by atoms with van der Waals surface area (Å²) in [6.07, 6.45) is 0. The molecule has 0 radical (unpaired) electrons. The van der Waals surface area contributed by atoms with Gasteiger partial charge in [-0.15, -0.1) is 0 Å². The first-order valence-electron chi connectivity index (χ1n) is 4.23. The van der Waals surface area contributed by atoms with E-state index in [9.17, 15) is 4.79 Å². The van der Waals surface area contributed by atoms with E-state index in [0.29, 0.717) is 13.2 Å². The third kappa shape index (κ3) is 1.55. The maximum Gasteiger partial charge on any atom is 0.221 e. The molecule has 1 aromatic rings. The van der Waals surface area contributed by atoms with Crippen molar-refractivity contribution in [3.05, 3.63) is 29.3 Å². The average molecular weight is 177 g/mol. The Kier molecular flexibility index (Phi) is 2.02. The fourth-order valence-corrected chi connectivity index (χ4v) is 1.51. The maximum absolute atomic E-state index is 10.9. The van der Waals surface area contributed by atoms with Crippen molar-refractivity contribution in [1.82, 2.24) is 0 Å². The number of benzene rings is 1. The highest BCUT2D eigenvalue weighted by atomic mass is 16.5. The topological polar surface area (TPSA) is 38.3 Å². The van der Waals surface area contributed by atoms with E-state index in [0.717, 1.165) is 11.3 Å². The van der Waals surface area contributed by atoms with Gasteiger partial charge in [0, 0.05) is 18.2 Å². The van der Waals surface area contributed by atoms with Crippen LogP contribution >= 0.6 is 0 Å². The molecule has 0 atom stereocenters. The Morgan fingerprint density at radius 1 is 1.46 bits per heavy atom. The van der Waals surface area contributed by atoms with Crippen LogP contribution in [0, 0.1) is 0 Å². The van der Waals surface area contributed by atoms with Gasteiger partial charge in [-0.1, -0.05) is 12.1 Å². The van der Waals surface area contributed by atoms with Gasteiger partial charge in [0.1, 0.15) is 0 Å². The third-order valence-corrected chi connectivity index (χ3v) is 2.09. The van der Waals surface area contributed by atoms with Gasteiger partial charge in [-0.3, -0.25) is 4.79 Å². The number of hydrogen-bond donors (Lipinski definition) is 1. The number of ether oxygens (including phenoxy) is 1. The minimum atomic E-state index is -0.0414. The van der Waals surface area contributed by atoms with Crippen LogP contribution in [0.1, 0.15) is 18.1 Å². The number of hydrogen-bond acceptors (Lipinski definition) is 2. The van der Waals surface area contributed by atoms with E-state index in [1.165, 1.54) is 12.5 Å². The zero-order chi connectivity index (χ0) is 9.26. The summed E-state index contributed by atoms with van der Waals surface area (Å²) in [5.74, 6) is -0.0414. The lowest BCUT2D eigenvalue weighted by atomic mass is 10.1. The van der Waals surface area contributed by atoms with E-state index < -0.39 is 0 Å². The van der Waals surface area contributed by atoms with Gasteiger partial charge in [-0.05, 0) is 11.6 Å². The van der Waals surface area contributed by atoms with Crippen LogP contribution < -0.4 is 5.32 Å². The van der Waals surface area contributed by atoms with Crippen molar-refractivity contribution in [2.75, 3.05) is 5.32 Å². The molecule has 0 saturated heterocycles. The lowest BCUT2D eigenvalue weighted by Gasteiger charge is -2.06. The smallest absolute Gasteiger partial charge is 0.221 e. The second-order valence-corrected chi connectivity index (χ2v) is 3.12. The van der Waals surface area contributed by atoms with Crippen molar-refractivity contribution >= 4 is 11.6 Å². The molecule has 68 valence electrons. The lowest BCUT2D eigenvalue weighted by molar-refractivity contribution is -0.114. The molecular formula is C10H11NO2. The second-order valence-electron chi connectivity index (χ2n) is 3.12. The van der Waals surface area contributed by atoms with Crippen molar-refractivity contribution in [3.8, 4) is 0 Å². The van der Waals surface area contributed by atoms with Gasteiger partial charge in [0.2, 0.25) is 5.91 Å². The standard InChI is InChI=1S/C10H11NO2/c1-7(12)11-10-4-2-3-8-5-13-6-9(8)10/h2-4H,5-6H2,1H3,(H,11,12). The van der Waals surface area contributed by atoms with Gasteiger partial charge in [0.15, 0.2) is 0 Å². The van der Waals surface area contributed by atoms with Gasteiger partial charge in [0.05, 0.1) is 13.2 Å². The molecule has 0 saturated carbocycles. The van der Waals surface area contributed by atoms with Gasteiger partial charge >= 0.3 is 0 Å². The van der Waals surface area contributed by atoms with E-state index in [-0.39, 0.29) is 5.91 Å². The number of carbonyl (C=O) groups excluding carboxylic acids is 1. The molecular weight excluding hydrogens is 166 g/mol. The average Bonchev–Trinajstić information content (AvgIpc) is 2.51. The number of nitrogens with one attached hydrogen (secondary N) is 1. The minimum Gasteiger partial charge on any atom is -0.372 e. The zero-order valence-corrected chi connectivity index (χ0v) is 7.46. The molecule has 1 aliphatic heterocycles. The van der Waals surface area contributed by atoms with Crippen LogP contribution in [0.25, 0.3) is 0 Å². The number of carbonyl (C=O) groups is 1. The highest BCUT2D eigenvalue weighted by Gasteiger charge is 2.14. The molecule has 3 heteroatoms. The lowest BCUT2D eigenvalue weighted by Crippen LogP contribution is -2.07. The molecule has 0 aliphatic carbocycles. The normalized spacial score (nSPS) is 13.9. The number of fused-ring (bicyclic) bond motifs is 1. The summed E-state index contributed by atoms with van der Waals surface area (Å²) in [6, 6.07) is 5.85. The highest BCUT2D eigenvalue weighted by molar-refractivity contribution is 5.89. The number of anilines is 1. The van der Waals surface area contributed by atoms with Crippen LogP contribution in [-0.4, -0.2) is 5.91 Å². The SMILES string of the molecule is CC(=O)Nc1cccc2c1COC2. The van der Waals surface area contributed by atoms with E-state index in [2.05, 4.69) is 5.32 Å². The minimum absolute atomic E-state index is 0.0414. The largest absolute Gasteiger partial charge is 0.372 e. The molecule has 1 aliphatic rings. The van der Waals surface area contributed by atoms with Crippen LogP contribution in [0.4, 0.5) is 5.69 Å². The van der Waals surface area contributed by atoms with Gasteiger partial charge < -0.3 is 10.1 Å². The predicted octanol–water partition coefficient (Wildman–Crippen LogP) is 1.68. The number of rotatable bonds is 1. The van der Waals surface area contributed by atoms with Crippen LogP contribution in [0.2, 0.25) is 0 Å². The molecule has 1 amide bonds. The van der Waals surface area contributed by atoms with Gasteiger partial charge in [-0.2, -0.15) is 0 Å². The van der Waals surface area contributed by atoms with Crippen LogP contribution in [0.15, 0.2) is 18.2 Å². The van der Waals surface area contributed by atoms with E-state index in [4.69, 9.17) is 4.74 Å². The summed E-state index contributed by atoms with van der Waals surface area (Å²) in [5.41, 5.74) is 3.16. The Labute approximate surface area is 76.7 Å². The summed E-state index contributed by atoms with van der Waals surface area (Å²) in [6.45, 7) is 2.77. The monoisotopic (exact) mass is 177 g/mol. The van der Waals surface area contributed by atoms with E-state index in [1.807, 2.05) is 18.2 Å². The number of amides is 1. The molecule has 0 spiro atoms. The Balaban J connectivity index is 2.36. The van der Waals surface area contributed by atoms with Gasteiger partial charge in [-0.25, -0.2) is 0 Å². The Bertz CT molecular complexity index is 347. The van der Waals surface area contributed by atoms with Crippen molar-refractivity contribution < 1.29 is 9.53 Å². The van der Waals surface area contributed by atoms with Crippen LogP contribution in [0.5, 0.6) is 0 Å². The summed E-state index contributed by atoms with van der Waals surface area (Å²) in [4.78, 5) is 10.9. The second kappa shape index (κ2) is 3.18. The van der Waals surface area contributed by atoms with Crippen LogP contribution in [0.3, 0.4) is 0 Å². The van der Waals surface area contributed by atoms with Crippen molar-refractivity contribution in [2.24, 2.45) is 0 Å². The third-order valence-electron chi connectivity index (χ3n) is 2.09. The molecule has 3 nitrogen and oxygen atoms in total. The summed E-state index contributed by atoms with van der Waals surface area (Å²) in [7, 11) is 0. The Hall–Kier alpha value is -1.35. The molecule has 1 aromatic carbocycles. The molecule has 0 unspecified atom stereocenters. The fraction of sp³-hybridized carbons (Fsp3) is 0.300. The Morgan fingerprint density at radius 2 is 2.31 bits per heavy atom. The van der Waals surface area contributed by atoms with E-state index >= 15 is 0 Å². The first kappa shape index (κ1) is 8.26. The maximum atomic E-state index is 10.9. The van der Waals surface area contributed by atoms with Crippen molar-refractivity contribution in [1.29, 1.82) is 0 Å². The summed E-state index contributed by atoms with van der Waals surface area (Å²) in [5, 5.41) is 2.79. The van der Waals surface area contributed by atoms with E-state index in [1.54, 1.807) is 0 Å². The molecule has 13 heavy (non-hydrogen) atoms.